The molecule has 1 aliphatic rings. The van der Waals surface area contributed by atoms with E-state index in [0.29, 0.717) is 21.7 Å². The minimum Gasteiger partial charge on any atom is -0.319 e. The number of carbonyl (C=O) groups is 1. The van der Waals surface area contributed by atoms with Gasteiger partial charge < -0.3 is 4.90 Å². The molecule has 0 spiro atoms. The molecular weight excluding hydrogens is 436 g/mol. The zero-order valence-corrected chi connectivity index (χ0v) is 16.7. The molecule has 3 heterocycles. The van der Waals surface area contributed by atoms with E-state index in [1.165, 1.54) is 29.2 Å². The van der Waals surface area contributed by atoms with E-state index < -0.39 is 30.5 Å². The fraction of sp³-hybridized carbons (Fsp3) is 0.190. The lowest BCUT2D eigenvalue weighted by molar-refractivity contribution is -0.196. The van der Waals surface area contributed by atoms with Gasteiger partial charge in [-0.25, -0.2) is 4.39 Å². The number of aromatic nitrogens is 3. The normalized spacial score (nSPS) is 16.2. The molecule has 0 saturated carbocycles. The Morgan fingerprint density at radius 3 is 2.55 bits per heavy atom. The third kappa shape index (κ3) is 3.81. The van der Waals surface area contributed by atoms with E-state index in [4.69, 9.17) is 11.6 Å². The van der Waals surface area contributed by atoms with Gasteiger partial charge in [0.2, 0.25) is 5.91 Å². The van der Waals surface area contributed by atoms with Gasteiger partial charge in [-0.05, 0) is 42.0 Å². The summed E-state index contributed by atoms with van der Waals surface area (Å²) in [6, 6.07) is 5.21. The molecule has 2 aromatic heterocycles. The van der Waals surface area contributed by atoms with Crippen molar-refractivity contribution >= 4 is 17.5 Å². The molecule has 10 heteroatoms. The predicted molar refractivity (Wildman–Crippen MR) is 106 cm³/mol. The van der Waals surface area contributed by atoms with Crippen molar-refractivity contribution in [1.29, 1.82) is 0 Å². The average molecular weight is 451 g/mol. The first-order chi connectivity index (χ1) is 14.7. The van der Waals surface area contributed by atoms with Crippen LogP contribution < -0.4 is 0 Å². The van der Waals surface area contributed by atoms with Crippen LogP contribution in [0, 0.1) is 5.82 Å². The molecule has 160 valence electrons. The summed E-state index contributed by atoms with van der Waals surface area (Å²) in [5.74, 6) is -1.51. The molecule has 0 N–H and O–H groups in total. The highest BCUT2D eigenvalue weighted by Crippen LogP contribution is 2.40. The van der Waals surface area contributed by atoms with Gasteiger partial charge in [-0.15, -0.1) is 0 Å². The van der Waals surface area contributed by atoms with Gasteiger partial charge in [0.1, 0.15) is 17.6 Å². The first-order valence-electron chi connectivity index (χ1n) is 9.16. The molecule has 0 bridgehead atoms. The van der Waals surface area contributed by atoms with Crippen LogP contribution in [0.25, 0.3) is 22.4 Å². The van der Waals surface area contributed by atoms with Crippen molar-refractivity contribution in [3.63, 3.8) is 0 Å². The summed E-state index contributed by atoms with van der Waals surface area (Å²) >= 11 is 5.85. The Labute approximate surface area is 179 Å². The number of alkyl halides is 3. The Balaban J connectivity index is 1.95. The van der Waals surface area contributed by atoms with Gasteiger partial charge >= 0.3 is 6.18 Å². The maximum atomic E-state index is 14.7. The van der Waals surface area contributed by atoms with Crippen molar-refractivity contribution in [2.24, 2.45) is 0 Å². The quantitative estimate of drug-likeness (QED) is 0.423. The summed E-state index contributed by atoms with van der Waals surface area (Å²) in [7, 11) is 0. The summed E-state index contributed by atoms with van der Waals surface area (Å²) < 4.78 is 57.0. The number of rotatable bonds is 3. The number of carbonyl (C=O) groups excluding carboxylic acids is 1. The van der Waals surface area contributed by atoms with E-state index in [1.807, 2.05) is 0 Å². The molecule has 31 heavy (non-hydrogen) atoms. The molecule has 3 aromatic rings. The summed E-state index contributed by atoms with van der Waals surface area (Å²) in [5.41, 5.74) is 1.60. The summed E-state index contributed by atoms with van der Waals surface area (Å²) in [6.45, 7) is 2.32. The molecular formula is C21H15ClF4N4O. The number of nitrogens with zero attached hydrogens (tertiary/aromatic N) is 4. The molecule has 1 aromatic carbocycles. The highest BCUT2D eigenvalue weighted by atomic mass is 35.5. The van der Waals surface area contributed by atoms with Crippen LogP contribution >= 0.6 is 11.6 Å². The topological polar surface area (TPSA) is 51.0 Å². The van der Waals surface area contributed by atoms with Gasteiger partial charge in [0.15, 0.2) is 0 Å². The number of benzene rings is 1. The van der Waals surface area contributed by atoms with E-state index in [2.05, 4.69) is 16.7 Å². The molecule has 4 rings (SSSR count). The van der Waals surface area contributed by atoms with Gasteiger partial charge in [-0.1, -0.05) is 18.2 Å². The number of amides is 1. The van der Waals surface area contributed by atoms with E-state index in [-0.39, 0.29) is 22.8 Å². The summed E-state index contributed by atoms with van der Waals surface area (Å²) in [5, 5.41) is 4.50. The molecule has 0 saturated heterocycles. The molecule has 0 aliphatic carbocycles. The second-order valence-electron chi connectivity index (χ2n) is 6.94. The summed E-state index contributed by atoms with van der Waals surface area (Å²) in [4.78, 5) is 16.9. The maximum Gasteiger partial charge on any atom is 0.410 e. The van der Waals surface area contributed by atoms with E-state index in [1.54, 1.807) is 12.1 Å². The second kappa shape index (κ2) is 7.81. The van der Waals surface area contributed by atoms with E-state index in [0.717, 1.165) is 12.1 Å². The van der Waals surface area contributed by atoms with Crippen molar-refractivity contribution in [2.45, 2.75) is 25.3 Å². The zero-order chi connectivity index (χ0) is 22.3. The van der Waals surface area contributed by atoms with Crippen LogP contribution in [0.15, 0.2) is 55.4 Å². The molecule has 1 unspecified atom stereocenters. The van der Waals surface area contributed by atoms with E-state index >= 15 is 0 Å². The smallest absolute Gasteiger partial charge is 0.319 e. The van der Waals surface area contributed by atoms with Crippen LogP contribution in [-0.2, 0) is 17.9 Å². The van der Waals surface area contributed by atoms with Crippen LogP contribution in [0.2, 0.25) is 5.02 Å². The van der Waals surface area contributed by atoms with Crippen molar-refractivity contribution in [1.82, 2.24) is 19.7 Å². The fourth-order valence-corrected chi connectivity index (χ4v) is 3.82. The first-order valence-corrected chi connectivity index (χ1v) is 9.53. The number of halogens is 5. The van der Waals surface area contributed by atoms with Crippen LogP contribution in [0.4, 0.5) is 17.6 Å². The van der Waals surface area contributed by atoms with Crippen molar-refractivity contribution in [3.05, 3.63) is 71.9 Å². The number of pyridine rings is 1. The minimum absolute atomic E-state index is 0.0864. The monoisotopic (exact) mass is 450 g/mol. The molecule has 5 nitrogen and oxygen atoms in total. The van der Waals surface area contributed by atoms with Crippen LogP contribution in [0.5, 0.6) is 0 Å². The molecule has 1 amide bonds. The fourth-order valence-electron chi connectivity index (χ4n) is 3.66. The lowest BCUT2D eigenvalue weighted by Crippen LogP contribution is -2.53. The number of hydrogen-bond acceptors (Lipinski definition) is 3. The minimum atomic E-state index is -4.68. The first kappa shape index (κ1) is 21.0. The average Bonchev–Trinajstić information content (AvgIpc) is 3.10. The highest BCUT2D eigenvalue weighted by molar-refractivity contribution is 6.30. The zero-order valence-electron chi connectivity index (χ0n) is 15.9. The third-order valence-electron chi connectivity index (χ3n) is 5.09. The Morgan fingerprint density at radius 1 is 1.23 bits per heavy atom. The Kier molecular flexibility index (Phi) is 5.30. The van der Waals surface area contributed by atoms with Crippen LogP contribution in [-0.4, -0.2) is 37.8 Å². The Hall–Kier alpha value is -3.20. The van der Waals surface area contributed by atoms with Gasteiger partial charge in [0.05, 0.1) is 18.8 Å². The van der Waals surface area contributed by atoms with Crippen molar-refractivity contribution < 1.29 is 22.4 Å². The molecule has 0 fully saturated rings. The van der Waals surface area contributed by atoms with Crippen LogP contribution in [0.3, 0.4) is 0 Å². The SMILES string of the molecule is C=CC(=O)N1Cc2c(-c3ccncc3)c(-c3ccc(Cl)cc3F)nn2CC1C(F)(F)F. The molecule has 0 radical (unpaired) electrons. The predicted octanol–water partition coefficient (Wildman–Crippen LogP) is 4.86. The van der Waals surface area contributed by atoms with E-state index in [9.17, 15) is 22.4 Å². The van der Waals surface area contributed by atoms with Gasteiger partial charge in [0, 0.05) is 28.5 Å². The van der Waals surface area contributed by atoms with Gasteiger partial charge in [-0.3, -0.25) is 14.5 Å². The second-order valence-corrected chi connectivity index (χ2v) is 7.38. The Morgan fingerprint density at radius 2 is 1.94 bits per heavy atom. The van der Waals surface area contributed by atoms with Gasteiger partial charge in [0.25, 0.3) is 0 Å². The highest BCUT2D eigenvalue weighted by Gasteiger charge is 2.48. The van der Waals surface area contributed by atoms with Gasteiger partial charge in [-0.2, -0.15) is 18.3 Å². The van der Waals surface area contributed by atoms with Crippen LogP contribution in [0.1, 0.15) is 5.69 Å². The van der Waals surface area contributed by atoms with Crippen molar-refractivity contribution in [2.75, 3.05) is 0 Å². The molecule has 1 atom stereocenters. The number of hydrogen-bond donors (Lipinski definition) is 0. The maximum absolute atomic E-state index is 14.7. The third-order valence-corrected chi connectivity index (χ3v) is 5.33. The lowest BCUT2D eigenvalue weighted by Gasteiger charge is -2.36. The standard InChI is InChI=1S/C21H15ClF4N4O/c1-2-18(31)29-10-16-19(12-5-7-27-8-6-12)20(14-4-3-13(22)9-15(14)23)28-30(16)11-17(29)21(24,25)26/h2-9,17H,1,10-11H2. The molecule has 1 aliphatic heterocycles. The number of fused-ring (bicyclic) bond motifs is 1. The largest absolute Gasteiger partial charge is 0.410 e. The Bertz CT molecular complexity index is 1160. The lowest BCUT2D eigenvalue weighted by atomic mass is 9.98. The summed E-state index contributed by atoms with van der Waals surface area (Å²) in [6.07, 6.45) is -0.813. The van der Waals surface area contributed by atoms with Crippen molar-refractivity contribution in [3.8, 4) is 22.4 Å².